The Balaban J connectivity index is 1.98. The Hall–Kier alpha value is -3.09. The molecule has 22 heavy (non-hydrogen) atoms. The molecule has 3 rings (SSSR count). The first kappa shape index (κ1) is 13.9. The molecule has 5 nitrogen and oxygen atoms in total. The van der Waals surface area contributed by atoms with E-state index in [4.69, 9.17) is 4.74 Å². The summed E-state index contributed by atoms with van der Waals surface area (Å²) in [4.78, 5) is 0. The first-order valence-corrected chi connectivity index (χ1v) is 6.23. The van der Waals surface area contributed by atoms with Crippen molar-refractivity contribution < 1.29 is 23.7 Å². The van der Waals surface area contributed by atoms with Gasteiger partial charge < -0.3 is 14.9 Å². The van der Waals surface area contributed by atoms with Crippen molar-refractivity contribution in [3.05, 3.63) is 54.2 Å². The van der Waals surface area contributed by atoms with E-state index in [1.807, 2.05) is 0 Å². The van der Waals surface area contributed by atoms with Crippen LogP contribution in [0.2, 0.25) is 0 Å². The average Bonchev–Trinajstić information content (AvgIpc) is 2.85. The molecule has 0 unspecified atom stereocenters. The van der Waals surface area contributed by atoms with Gasteiger partial charge in [0, 0.05) is 29.8 Å². The standard InChI is InChI=1S/C15H10F2N2O3/c16-8-3-9(17)5-11(4-8)22-14-7-18-19-15(14)12-2-1-10(20)6-13(12)21/h1-7,20-21H,(H,18,19). The fourth-order valence-corrected chi connectivity index (χ4v) is 1.98. The van der Waals surface area contributed by atoms with Crippen LogP contribution in [0.15, 0.2) is 42.6 Å². The van der Waals surface area contributed by atoms with E-state index >= 15 is 0 Å². The number of phenolic OH excluding ortho intramolecular Hbond substituents is 2. The minimum Gasteiger partial charge on any atom is -0.508 e. The van der Waals surface area contributed by atoms with Gasteiger partial charge in [0.05, 0.1) is 6.20 Å². The van der Waals surface area contributed by atoms with Crippen molar-refractivity contribution in [3.8, 4) is 34.3 Å². The second-order valence-electron chi connectivity index (χ2n) is 4.51. The van der Waals surface area contributed by atoms with Crippen LogP contribution in [-0.2, 0) is 0 Å². The number of nitrogens with zero attached hydrogens (tertiary/aromatic N) is 1. The maximum atomic E-state index is 13.2. The molecule has 2 aromatic carbocycles. The second-order valence-corrected chi connectivity index (χ2v) is 4.51. The lowest BCUT2D eigenvalue weighted by Crippen LogP contribution is -1.89. The zero-order valence-corrected chi connectivity index (χ0v) is 11.0. The fourth-order valence-electron chi connectivity index (χ4n) is 1.98. The second kappa shape index (κ2) is 5.36. The van der Waals surface area contributed by atoms with Crippen molar-refractivity contribution in [2.45, 2.75) is 0 Å². The van der Waals surface area contributed by atoms with E-state index in [-0.39, 0.29) is 28.7 Å². The van der Waals surface area contributed by atoms with Crippen LogP contribution in [0.1, 0.15) is 0 Å². The highest BCUT2D eigenvalue weighted by molar-refractivity contribution is 5.72. The first-order chi connectivity index (χ1) is 10.5. The number of benzene rings is 2. The highest BCUT2D eigenvalue weighted by Crippen LogP contribution is 2.37. The van der Waals surface area contributed by atoms with Crippen molar-refractivity contribution in [1.29, 1.82) is 0 Å². The van der Waals surface area contributed by atoms with Gasteiger partial charge in [-0.3, -0.25) is 5.10 Å². The number of halogens is 2. The van der Waals surface area contributed by atoms with E-state index in [0.717, 1.165) is 24.3 Å². The van der Waals surface area contributed by atoms with Crippen LogP contribution in [0.5, 0.6) is 23.0 Å². The number of rotatable bonds is 3. The largest absolute Gasteiger partial charge is 0.508 e. The highest BCUT2D eigenvalue weighted by atomic mass is 19.1. The van der Waals surface area contributed by atoms with Crippen LogP contribution in [-0.4, -0.2) is 20.4 Å². The average molecular weight is 304 g/mol. The summed E-state index contributed by atoms with van der Waals surface area (Å²) in [6.45, 7) is 0. The zero-order chi connectivity index (χ0) is 15.7. The molecule has 0 spiro atoms. The number of hydrogen-bond donors (Lipinski definition) is 3. The molecule has 0 saturated heterocycles. The Labute approximate surface area is 123 Å². The van der Waals surface area contributed by atoms with E-state index in [0.29, 0.717) is 5.56 Å². The third-order valence-electron chi connectivity index (χ3n) is 2.91. The van der Waals surface area contributed by atoms with Crippen molar-refractivity contribution >= 4 is 0 Å². The van der Waals surface area contributed by atoms with Crippen LogP contribution in [0.25, 0.3) is 11.3 Å². The summed E-state index contributed by atoms with van der Waals surface area (Å²) in [5.74, 6) is -1.72. The van der Waals surface area contributed by atoms with Gasteiger partial charge in [-0.05, 0) is 12.1 Å². The van der Waals surface area contributed by atoms with Crippen molar-refractivity contribution in [3.63, 3.8) is 0 Å². The SMILES string of the molecule is Oc1ccc(-c2n[nH]cc2Oc2cc(F)cc(F)c2)c(O)c1. The molecular formula is C15H10F2N2O3. The van der Waals surface area contributed by atoms with Gasteiger partial charge in [0.25, 0.3) is 0 Å². The van der Waals surface area contributed by atoms with E-state index in [2.05, 4.69) is 10.2 Å². The number of H-pyrrole nitrogens is 1. The van der Waals surface area contributed by atoms with E-state index in [9.17, 15) is 19.0 Å². The van der Waals surface area contributed by atoms with Crippen molar-refractivity contribution in [1.82, 2.24) is 10.2 Å². The molecule has 0 bridgehead atoms. The topological polar surface area (TPSA) is 78.4 Å². The summed E-state index contributed by atoms with van der Waals surface area (Å²) in [7, 11) is 0. The fraction of sp³-hybridized carbons (Fsp3) is 0. The van der Waals surface area contributed by atoms with Gasteiger partial charge in [-0.15, -0.1) is 0 Å². The highest BCUT2D eigenvalue weighted by Gasteiger charge is 2.15. The molecule has 3 N–H and O–H groups in total. The van der Waals surface area contributed by atoms with Crippen LogP contribution < -0.4 is 4.74 Å². The Morgan fingerprint density at radius 2 is 1.73 bits per heavy atom. The molecule has 1 aromatic heterocycles. The van der Waals surface area contributed by atoms with Crippen LogP contribution in [0.3, 0.4) is 0 Å². The summed E-state index contributed by atoms with van der Waals surface area (Å²) >= 11 is 0. The molecule has 3 aromatic rings. The molecule has 0 amide bonds. The molecule has 7 heteroatoms. The minimum absolute atomic E-state index is 0.0431. The van der Waals surface area contributed by atoms with Crippen LogP contribution >= 0.6 is 0 Å². The van der Waals surface area contributed by atoms with Crippen molar-refractivity contribution in [2.75, 3.05) is 0 Å². The van der Waals surface area contributed by atoms with E-state index in [1.54, 1.807) is 0 Å². The predicted octanol–water partition coefficient (Wildman–Crippen LogP) is 3.56. The summed E-state index contributed by atoms with van der Waals surface area (Å²) < 4.78 is 31.8. The van der Waals surface area contributed by atoms with Gasteiger partial charge in [0.1, 0.15) is 34.6 Å². The minimum atomic E-state index is -0.771. The molecule has 0 aliphatic rings. The van der Waals surface area contributed by atoms with Crippen LogP contribution in [0.4, 0.5) is 8.78 Å². The number of aromatic nitrogens is 2. The molecule has 0 fully saturated rings. The molecule has 0 aliphatic carbocycles. The van der Waals surface area contributed by atoms with Gasteiger partial charge >= 0.3 is 0 Å². The molecule has 0 atom stereocenters. The summed E-state index contributed by atoms with van der Waals surface area (Å²) in [5.41, 5.74) is 0.535. The third-order valence-corrected chi connectivity index (χ3v) is 2.91. The smallest absolute Gasteiger partial charge is 0.173 e. The lowest BCUT2D eigenvalue weighted by atomic mass is 10.1. The number of aromatic hydroxyl groups is 2. The van der Waals surface area contributed by atoms with E-state index in [1.165, 1.54) is 18.3 Å². The van der Waals surface area contributed by atoms with Gasteiger partial charge in [-0.1, -0.05) is 0 Å². The monoisotopic (exact) mass is 304 g/mol. The maximum Gasteiger partial charge on any atom is 0.173 e. The predicted molar refractivity (Wildman–Crippen MR) is 73.8 cm³/mol. The summed E-state index contributed by atoms with van der Waals surface area (Å²) in [6.07, 6.45) is 1.38. The lowest BCUT2D eigenvalue weighted by molar-refractivity contribution is 0.450. The molecule has 112 valence electrons. The summed E-state index contributed by atoms with van der Waals surface area (Å²) in [5, 5.41) is 25.6. The summed E-state index contributed by atoms with van der Waals surface area (Å²) in [6, 6.07) is 6.74. The van der Waals surface area contributed by atoms with Gasteiger partial charge in [0.2, 0.25) is 0 Å². The van der Waals surface area contributed by atoms with Gasteiger partial charge in [-0.2, -0.15) is 5.10 Å². The van der Waals surface area contributed by atoms with Gasteiger partial charge in [0.15, 0.2) is 5.75 Å². The first-order valence-electron chi connectivity index (χ1n) is 6.23. The quantitative estimate of drug-likeness (QED) is 0.691. The number of nitrogens with one attached hydrogen (secondary N) is 1. The number of phenols is 2. The van der Waals surface area contributed by atoms with E-state index < -0.39 is 11.6 Å². The normalized spacial score (nSPS) is 10.6. The molecule has 0 saturated carbocycles. The zero-order valence-electron chi connectivity index (χ0n) is 11.0. The maximum absolute atomic E-state index is 13.2. The number of hydrogen-bond acceptors (Lipinski definition) is 4. The number of aromatic amines is 1. The number of ether oxygens (including phenoxy) is 1. The Kier molecular flexibility index (Phi) is 3.38. The Morgan fingerprint density at radius 3 is 2.41 bits per heavy atom. The van der Waals surface area contributed by atoms with Crippen LogP contribution in [0, 0.1) is 11.6 Å². The third kappa shape index (κ3) is 2.69. The molecule has 0 radical (unpaired) electrons. The van der Waals surface area contributed by atoms with Gasteiger partial charge in [-0.25, -0.2) is 8.78 Å². The molecule has 1 heterocycles. The van der Waals surface area contributed by atoms with Crippen molar-refractivity contribution in [2.24, 2.45) is 0 Å². The Bertz CT molecular complexity index is 813. The Morgan fingerprint density at radius 1 is 1.00 bits per heavy atom. The molecular weight excluding hydrogens is 294 g/mol. The molecule has 0 aliphatic heterocycles. The lowest BCUT2D eigenvalue weighted by Gasteiger charge is -2.07.